The number of para-hydroxylation sites is 1. The molecule has 4 heteroatoms. The summed E-state index contributed by atoms with van der Waals surface area (Å²) in [5, 5.41) is 1.11. The number of primary amides is 1. The van der Waals surface area contributed by atoms with E-state index in [-0.39, 0.29) is 12.0 Å². The van der Waals surface area contributed by atoms with Gasteiger partial charge in [-0.25, -0.2) is 0 Å². The number of carbonyl (C=O) groups excluding carboxylic acids is 1. The van der Waals surface area contributed by atoms with E-state index in [1.54, 1.807) is 0 Å². The molecule has 2 aliphatic rings. The second-order valence-corrected chi connectivity index (χ2v) is 8.41. The maximum absolute atomic E-state index is 11.9. The summed E-state index contributed by atoms with van der Waals surface area (Å²) in [5.74, 6) is 2.94. The predicted octanol–water partition coefficient (Wildman–Crippen LogP) is 4.93. The number of pyridine rings is 1. The third-order valence-corrected chi connectivity index (χ3v) is 6.89. The van der Waals surface area contributed by atoms with E-state index in [2.05, 4.69) is 30.1 Å². The number of ether oxygens (including phenoxy) is 1. The molecular weight excluding hydrogens is 360 g/mol. The van der Waals surface area contributed by atoms with Gasteiger partial charge in [0.15, 0.2) is 0 Å². The standard InChI is InChI=1S/C25H26N2O2/c1-2-17(18-9-3-4-10-19(18)25(26)28)23-20-13-16(14-21(20)23)29-22-11-5-7-15-8-6-12-27-24(15)22/h3-12,16-17,20-21,23H,2,13-14H2,1H3,(H2,26,28)/t16?,17-,20+,21+,23?/m1/s1. The highest BCUT2D eigenvalue weighted by molar-refractivity contribution is 5.94. The summed E-state index contributed by atoms with van der Waals surface area (Å²) in [6, 6.07) is 18.0. The van der Waals surface area contributed by atoms with E-state index in [0.29, 0.717) is 29.2 Å². The number of amides is 1. The molecule has 1 amide bonds. The number of benzene rings is 2. The van der Waals surface area contributed by atoms with Gasteiger partial charge in [0.25, 0.3) is 0 Å². The summed E-state index contributed by atoms with van der Waals surface area (Å²) in [6.45, 7) is 2.21. The van der Waals surface area contributed by atoms with E-state index in [4.69, 9.17) is 10.5 Å². The number of aromatic nitrogens is 1. The molecule has 2 saturated carbocycles. The van der Waals surface area contributed by atoms with Crippen LogP contribution in [-0.4, -0.2) is 17.0 Å². The minimum absolute atomic E-state index is 0.248. The summed E-state index contributed by atoms with van der Waals surface area (Å²) in [7, 11) is 0. The third kappa shape index (κ3) is 3.17. The van der Waals surface area contributed by atoms with E-state index < -0.39 is 0 Å². The van der Waals surface area contributed by atoms with Gasteiger partial charge in [0.1, 0.15) is 11.3 Å². The topological polar surface area (TPSA) is 65.2 Å². The molecule has 3 aromatic rings. The fourth-order valence-corrected chi connectivity index (χ4v) is 5.63. The number of nitrogens with two attached hydrogens (primary N) is 1. The van der Waals surface area contributed by atoms with Crippen molar-refractivity contribution in [3.63, 3.8) is 0 Å². The van der Waals surface area contributed by atoms with Crippen LogP contribution < -0.4 is 10.5 Å². The molecule has 29 heavy (non-hydrogen) atoms. The molecule has 3 atom stereocenters. The molecule has 148 valence electrons. The Morgan fingerprint density at radius 3 is 2.62 bits per heavy atom. The van der Waals surface area contributed by atoms with E-state index >= 15 is 0 Å². The molecule has 1 heterocycles. The van der Waals surface area contributed by atoms with Crippen LogP contribution in [0.25, 0.3) is 10.9 Å². The van der Waals surface area contributed by atoms with Crippen LogP contribution in [0.15, 0.2) is 60.8 Å². The van der Waals surface area contributed by atoms with Crippen LogP contribution in [0.2, 0.25) is 0 Å². The van der Waals surface area contributed by atoms with Gasteiger partial charge in [0.05, 0.1) is 6.10 Å². The number of hydrogen-bond acceptors (Lipinski definition) is 3. The Bertz CT molecular complexity index is 1050. The van der Waals surface area contributed by atoms with Crippen molar-refractivity contribution >= 4 is 16.8 Å². The molecule has 0 saturated heterocycles. The molecule has 0 bridgehead atoms. The summed E-state index contributed by atoms with van der Waals surface area (Å²) in [4.78, 5) is 16.4. The van der Waals surface area contributed by atoms with Crippen LogP contribution in [0.1, 0.15) is 48.0 Å². The Hall–Kier alpha value is -2.88. The van der Waals surface area contributed by atoms with E-state index in [0.717, 1.165) is 41.5 Å². The number of hydrogen-bond donors (Lipinski definition) is 1. The van der Waals surface area contributed by atoms with Gasteiger partial charge >= 0.3 is 0 Å². The van der Waals surface area contributed by atoms with Gasteiger partial charge in [-0.05, 0) is 66.7 Å². The van der Waals surface area contributed by atoms with Crippen LogP contribution in [0.4, 0.5) is 0 Å². The first kappa shape index (κ1) is 18.2. The van der Waals surface area contributed by atoms with Gasteiger partial charge in [-0.15, -0.1) is 0 Å². The predicted molar refractivity (Wildman–Crippen MR) is 114 cm³/mol. The van der Waals surface area contributed by atoms with Crippen molar-refractivity contribution in [1.29, 1.82) is 0 Å². The van der Waals surface area contributed by atoms with Crippen molar-refractivity contribution in [2.45, 2.75) is 38.2 Å². The first-order chi connectivity index (χ1) is 14.2. The quantitative estimate of drug-likeness (QED) is 0.653. The minimum Gasteiger partial charge on any atom is -0.488 e. The van der Waals surface area contributed by atoms with Crippen molar-refractivity contribution < 1.29 is 9.53 Å². The zero-order chi connectivity index (χ0) is 20.0. The maximum Gasteiger partial charge on any atom is 0.248 e. The van der Waals surface area contributed by atoms with Crippen LogP contribution in [0.3, 0.4) is 0 Å². The van der Waals surface area contributed by atoms with E-state index in [1.165, 1.54) is 0 Å². The van der Waals surface area contributed by atoms with Gasteiger partial charge < -0.3 is 10.5 Å². The normalized spacial score (nSPS) is 24.2. The average molecular weight is 386 g/mol. The number of carbonyl (C=O) groups is 1. The molecule has 2 aliphatic carbocycles. The summed E-state index contributed by atoms with van der Waals surface area (Å²) >= 11 is 0. The van der Waals surface area contributed by atoms with Crippen molar-refractivity contribution in [2.24, 2.45) is 23.5 Å². The third-order valence-electron chi connectivity index (χ3n) is 6.89. The Morgan fingerprint density at radius 1 is 1.10 bits per heavy atom. The lowest BCUT2D eigenvalue weighted by Gasteiger charge is -2.23. The highest BCUT2D eigenvalue weighted by Crippen LogP contribution is 2.64. The average Bonchev–Trinajstić information content (AvgIpc) is 3.22. The van der Waals surface area contributed by atoms with Crippen LogP contribution in [0.5, 0.6) is 5.75 Å². The Labute approximate surface area is 171 Å². The summed E-state index contributed by atoms with van der Waals surface area (Å²) in [5.41, 5.74) is 8.37. The largest absolute Gasteiger partial charge is 0.488 e. The van der Waals surface area contributed by atoms with Gasteiger partial charge in [0.2, 0.25) is 5.91 Å². The molecule has 2 aromatic carbocycles. The van der Waals surface area contributed by atoms with Gasteiger partial charge in [0, 0.05) is 17.1 Å². The minimum atomic E-state index is -0.325. The van der Waals surface area contributed by atoms with Gasteiger partial charge in [-0.2, -0.15) is 0 Å². The Kier molecular flexibility index (Phi) is 4.50. The first-order valence-electron chi connectivity index (χ1n) is 10.6. The van der Waals surface area contributed by atoms with Crippen molar-refractivity contribution in [1.82, 2.24) is 4.98 Å². The van der Waals surface area contributed by atoms with Crippen LogP contribution in [-0.2, 0) is 0 Å². The molecule has 2 fully saturated rings. The van der Waals surface area contributed by atoms with Crippen LogP contribution >= 0.6 is 0 Å². The molecule has 5 rings (SSSR count). The van der Waals surface area contributed by atoms with Gasteiger partial charge in [-0.3, -0.25) is 9.78 Å². The molecule has 2 N–H and O–H groups in total. The fraction of sp³-hybridized carbons (Fsp3) is 0.360. The smallest absolute Gasteiger partial charge is 0.248 e. The van der Waals surface area contributed by atoms with Crippen molar-refractivity contribution in [3.05, 3.63) is 71.9 Å². The molecular formula is C25H26N2O2. The SMILES string of the molecule is CC[C@H](c1ccccc1C(N)=O)C1[C@H]2CC(Oc3cccc4cccnc34)C[C@H]12. The highest BCUT2D eigenvalue weighted by Gasteiger charge is 2.59. The molecule has 4 nitrogen and oxygen atoms in total. The lowest BCUT2D eigenvalue weighted by Crippen LogP contribution is -2.20. The van der Waals surface area contributed by atoms with Crippen molar-refractivity contribution in [2.75, 3.05) is 0 Å². The first-order valence-corrected chi connectivity index (χ1v) is 10.6. The number of fused-ring (bicyclic) bond motifs is 2. The molecule has 1 aromatic heterocycles. The highest BCUT2D eigenvalue weighted by atomic mass is 16.5. The second-order valence-electron chi connectivity index (χ2n) is 8.41. The lowest BCUT2D eigenvalue weighted by atomic mass is 9.84. The fourth-order valence-electron chi connectivity index (χ4n) is 5.63. The van der Waals surface area contributed by atoms with Crippen LogP contribution in [0, 0.1) is 17.8 Å². The lowest BCUT2D eigenvalue weighted by molar-refractivity contribution is 0.0998. The second kappa shape index (κ2) is 7.18. The van der Waals surface area contributed by atoms with Gasteiger partial charge in [-0.1, -0.05) is 43.3 Å². The molecule has 0 radical (unpaired) electrons. The number of nitrogens with zero attached hydrogens (tertiary/aromatic N) is 1. The maximum atomic E-state index is 11.9. The molecule has 0 spiro atoms. The zero-order valence-corrected chi connectivity index (χ0v) is 16.6. The van der Waals surface area contributed by atoms with Crippen molar-refractivity contribution in [3.8, 4) is 5.75 Å². The summed E-state index contributed by atoms with van der Waals surface area (Å²) in [6.07, 6.45) is 5.25. The Balaban J connectivity index is 1.30. The number of rotatable bonds is 6. The molecule has 0 unspecified atom stereocenters. The van der Waals surface area contributed by atoms with E-state index in [1.807, 2.05) is 42.6 Å². The zero-order valence-electron chi connectivity index (χ0n) is 16.6. The monoisotopic (exact) mass is 386 g/mol. The molecule has 0 aliphatic heterocycles. The summed E-state index contributed by atoms with van der Waals surface area (Å²) < 4.78 is 6.38. The van der Waals surface area contributed by atoms with E-state index in [9.17, 15) is 4.79 Å². The Morgan fingerprint density at radius 2 is 1.86 bits per heavy atom.